The van der Waals surface area contributed by atoms with Gasteiger partial charge in [-0.15, -0.1) is 0 Å². The van der Waals surface area contributed by atoms with Crippen LogP contribution in [-0.4, -0.2) is 22.3 Å². The number of nitrogens with zero attached hydrogens (tertiary/aromatic N) is 3. The Balaban J connectivity index is 1.70. The first-order chi connectivity index (χ1) is 14.1. The molecule has 2 aromatic carbocycles. The van der Waals surface area contributed by atoms with E-state index < -0.39 is 0 Å². The van der Waals surface area contributed by atoms with Crippen molar-refractivity contribution in [3.8, 4) is 11.8 Å². The van der Waals surface area contributed by atoms with Gasteiger partial charge in [0.1, 0.15) is 10.9 Å². The molecule has 1 amide bonds. The van der Waals surface area contributed by atoms with Crippen molar-refractivity contribution in [2.75, 3.05) is 11.9 Å². The predicted molar refractivity (Wildman–Crippen MR) is 112 cm³/mol. The summed E-state index contributed by atoms with van der Waals surface area (Å²) in [6.07, 6.45) is 1.10. The topological polar surface area (TPSA) is 79.9 Å². The van der Waals surface area contributed by atoms with Crippen LogP contribution in [0.3, 0.4) is 0 Å². The van der Waals surface area contributed by atoms with Crippen LogP contribution in [0.2, 0.25) is 5.15 Å². The lowest BCUT2D eigenvalue weighted by Crippen LogP contribution is -2.13. The van der Waals surface area contributed by atoms with Crippen molar-refractivity contribution in [3.63, 3.8) is 0 Å². The second-order valence-corrected chi connectivity index (χ2v) is 6.84. The Morgan fingerprint density at radius 1 is 1.24 bits per heavy atom. The molecule has 0 aliphatic carbocycles. The highest BCUT2D eigenvalue weighted by molar-refractivity contribution is 6.33. The minimum atomic E-state index is -0.326. The lowest BCUT2D eigenvalue weighted by atomic mass is 10.2. The zero-order chi connectivity index (χ0) is 20.6. The molecule has 29 heavy (non-hydrogen) atoms. The number of carbonyl (C=O) groups excluding carboxylic acids is 1. The second kappa shape index (κ2) is 9.76. The molecule has 7 heteroatoms. The van der Waals surface area contributed by atoms with Gasteiger partial charge < -0.3 is 10.1 Å². The van der Waals surface area contributed by atoms with Crippen LogP contribution in [0.4, 0.5) is 5.69 Å². The van der Waals surface area contributed by atoms with Gasteiger partial charge in [-0.1, -0.05) is 48.0 Å². The standard InChI is InChI=1S/C22H21ClN4O2/c1-16-20(21(23)27(26-16)15-17-8-3-2-4-9-17)22(28)25-18-10-7-11-19(14-18)29-13-6-5-12-24/h2-4,7-11,14H,5-6,13,15H2,1H3,(H,25,28). The highest BCUT2D eigenvalue weighted by Crippen LogP contribution is 2.24. The largest absolute Gasteiger partial charge is 0.493 e. The molecule has 0 atom stereocenters. The molecule has 0 saturated carbocycles. The van der Waals surface area contributed by atoms with Gasteiger partial charge in [-0.05, 0) is 31.0 Å². The summed E-state index contributed by atoms with van der Waals surface area (Å²) in [4.78, 5) is 12.8. The summed E-state index contributed by atoms with van der Waals surface area (Å²) < 4.78 is 7.23. The van der Waals surface area contributed by atoms with Crippen LogP contribution < -0.4 is 10.1 Å². The Kier molecular flexibility index (Phi) is 6.88. The van der Waals surface area contributed by atoms with Gasteiger partial charge in [0.25, 0.3) is 5.91 Å². The van der Waals surface area contributed by atoms with Crippen LogP contribution in [0.25, 0.3) is 0 Å². The molecule has 0 radical (unpaired) electrons. The highest BCUT2D eigenvalue weighted by Gasteiger charge is 2.20. The maximum atomic E-state index is 12.8. The van der Waals surface area contributed by atoms with Gasteiger partial charge >= 0.3 is 0 Å². The summed E-state index contributed by atoms with van der Waals surface area (Å²) in [6, 6.07) is 19.0. The van der Waals surface area contributed by atoms with Gasteiger partial charge in [-0.3, -0.25) is 4.79 Å². The average molecular weight is 409 g/mol. The van der Waals surface area contributed by atoms with Crippen molar-refractivity contribution in [3.05, 3.63) is 76.6 Å². The molecule has 1 N–H and O–H groups in total. The van der Waals surface area contributed by atoms with Gasteiger partial charge in [0.15, 0.2) is 0 Å². The summed E-state index contributed by atoms with van der Waals surface area (Å²) in [7, 11) is 0. The van der Waals surface area contributed by atoms with E-state index >= 15 is 0 Å². The second-order valence-electron chi connectivity index (χ2n) is 6.49. The monoisotopic (exact) mass is 408 g/mol. The third-order valence-electron chi connectivity index (χ3n) is 4.26. The molecule has 0 saturated heterocycles. The zero-order valence-electron chi connectivity index (χ0n) is 16.1. The third kappa shape index (κ3) is 5.37. The van der Waals surface area contributed by atoms with E-state index in [-0.39, 0.29) is 5.91 Å². The molecular weight excluding hydrogens is 388 g/mol. The molecule has 148 valence electrons. The maximum Gasteiger partial charge on any atom is 0.260 e. The van der Waals surface area contributed by atoms with Crippen LogP contribution in [0, 0.1) is 18.3 Å². The van der Waals surface area contributed by atoms with Crippen molar-refractivity contribution >= 4 is 23.2 Å². The number of amides is 1. The summed E-state index contributed by atoms with van der Waals surface area (Å²) in [5.41, 5.74) is 2.56. The van der Waals surface area contributed by atoms with Crippen molar-refractivity contribution in [2.24, 2.45) is 0 Å². The third-order valence-corrected chi connectivity index (χ3v) is 4.65. The minimum Gasteiger partial charge on any atom is -0.493 e. The molecule has 0 spiro atoms. The molecule has 1 aromatic heterocycles. The molecule has 3 rings (SSSR count). The van der Waals surface area contributed by atoms with Gasteiger partial charge in [0, 0.05) is 18.2 Å². The number of unbranched alkanes of at least 4 members (excludes halogenated alkanes) is 1. The van der Waals surface area contributed by atoms with Crippen LogP contribution >= 0.6 is 11.6 Å². The Morgan fingerprint density at radius 3 is 2.79 bits per heavy atom. The fourth-order valence-electron chi connectivity index (χ4n) is 2.87. The SMILES string of the molecule is Cc1nn(Cc2ccccc2)c(Cl)c1C(=O)Nc1cccc(OCCCC#N)c1. The predicted octanol–water partition coefficient (Wildman–Crippen LogP) is 4.83. The fraction of sp³-hybridized carbons (Fsp3) is 0.227. The highest BCUT2D eigenvalue weighted by atomic mass is 35.5. The molecule has 3 aromatic rings. The Bertz CT molecular complexity index is 1030. The van der Waals surface area contributed by atoms with Crippen molar-refractivity contribution in [2.45, 2.75) is 26.3 Å². The van der Waals surface area contributed by atoms with Gasteiger partial charge in [0.05, 0.1) is 30.5 Å². The first kappa shape index (κ1) is 20.4. The number of benzene rings is 2. The molecule has 0 aliphatic heterocycles. The number of hydrogen-bond donors (Lipinski definition) is 1. The van der Waals surface area contributed by atoms with E-state index in [0.29, 0.717) is 53.8 Å². The lowest BCUT2D eigenvalue weighted by Gasteiger charge is -2.09. The number of aromatic nitrogens is 2. The van der Waals surface area contributed by atoms with E-state index in [4.69, 9.17) is 21.6 Å². The van der Waals surface area contributed by atoms with E-state index in [1.807, 2.05) is 30.3 Å². The van der Waals surface area contributed by atoms with Gasteiger partial charge in [-0.25, -0.2) is 4.68 Å². The van der Waals surface area contributed by atoms with Crippen molar-refractivity contribution < 1.29 is 9.53 Å². The van der Waals surface area contributed by atoms with Crippen LogP contribution in [0.1, 0.15) is 34.5 Å². The molecular formula is C22H21ClN4O2. The van der Waals surface area contributed by atoms with E-state index in [1.54, 1.807) is 35.9 Å². The van der Waals surface area contributed by atoms with Crippen LogP contribution in [0.5, 0.6) is 5.75 Å². The Labute approximate surface area is 174 Å². The normalized spacial score (nSPS) is 10.4. The number of ether oxygens (including phenoxy) is 1. The molecule has 6 nitrogen and oxygen atoms in total. The van der Waals surface area contributed by atoms with Crippen molar-refractivity contribution in [1.29, 1.82) is 5.26 Å². The number of nitrogens with one attached hydrogen (secondary N) is 1. The zero-order valence-corrected chi connectivity index (χ0v) is 16.8. The number of hydrogen-bond acceptors (Lipinski definition) is 4. The number of aryl methyl sites for hydroxylation is 1. The quantitative estimate of drug-likeness (QED) is 0.541. The fourth-order valence-corrected chi connectivity index (χ4v) is 3.19. The smallest absolute Gasteiger partial charge is 0.260 e. The maximum absolute atomic E-state index is 12.8. The average Bonchev–Trinajstić information content (AvgIpc) is 2.99. The minimum absolute atomic E-state index is 0.299. The summed E-state index contributed by atoms with van der Waals surface area (Å²) >= 11 is 6.46. The lowest BCUT2D eigenvalue weighted by molar-refractivity contribution is 0.102. The van der Waals surface area contributed by atoms with Crippen LogP contribution in [-0.2, 0) is 6.54 Å². The molecule has 0 bridgehead atoms. The Morgan fingerprint density at radius 2 is 2.03 bits per heavy atom. The van der Waals surface area contributed by atoms with E-state index in [1.165, 1.54) is 0 Å². The first-order valence-electron chi connectivity index (χ1n) is 9.26. The summed E-state index contributed by atoms with van der Waals surface area (Å²) in [5, 5.41) is 16.1. The molecule has 0 aliphatic rings. The van der Waals surface area contributed by atoms with E-state index in [2.05, 4.69) is 16.5 Å². The molecule has 0 fully saturated rings. The molecule has 1 heterocycles. The van der Waals surface area contributed by atoms with E-state index in [0.717, 1.165) is 5.56 Å². The van der Waals surface area contributed by atoms with Gasteiger partial charge in [0.2, 0.25) is 0 Å². The summed E-state index contributed by atoms with van der Waals surface area (Å²) in [5.74, 6) is 0.303. The van der Waals surface area contributed by atoms with Crippen LogP contribution in [0.15, 0.2) is 54.6 Å². The Hall–Kier alpha value is -3.30. The number of anilines is 1. The number of carbonyl (C=O) groups is 1. The first-order valence-corrected chi connectivity index (χ1v) is 9.64. The number of rotatable bonds is 8. The number of halogens is 1. The molecule has 0 unspecified atom stereocenters. The van der Waals surface area contributed by atoms with E-state index in [9.17, 15) is 4.79 Å². The number of nitriles is 1. The van der Waals surface area contributed by atoms with Gasteiger partial charge in [-0.2, -0.15) is 10.4 Å². The van der Waals surface area contributed by atoms with Crippen molar-refractivity contribution in [1.82, 2.24) is 9.78 Å². The summed E-state index contributed by atoms with van der Waals surface area (Å²) in [6.45, 7) is 2.69.